The van der Waals surface area contributed by atoms with Gasteiger partial charge >= 0.3 is 0 Å². The molecule has 0 bridgehead atoms. The SMILES string of the molecule is O=[N+]([O-])c1ccc(-c2nc3ccc(-c4ccc5nc(-c6ccc([N+](=O)[O-])cc6)sc5c4)cc3s2)cc1. The average Bonchev–Trinajstić information content (AvgIpc) is 3.52. The molecule has 0 spiro atoms. The summed E-state index contributed by atoms with van der Waals surface area (Å²) < 4.78 is 2.05. The highest BCUT2D eigenvalue weighted by atomic mass is 32.1. The molecule has 2 aromatic heterocycles. The van der Waals surface area contributed by atoms with E-state index in [0.29, 0.717) is 0 Å². The maximum Gasteiger partial charge on any atom is 0.269 e. The molecular weight excluding hydrogens is 496 g/mol. The van der Waals surface area contributed by atoms with Gasteiger partial charge in [0.2, 0.25) is 0 Å². The van der Waals surface area contributed by atoms with Crippen molar-refractivity contribution in [3.8, 4) is 32.3 Å². The van der Waals surface area contributed by atoms with Crippen LogP contribution in [0.1, 0.15) is 0 Å². The molecule has 0 saturated heterocycles. The Morgan fingerprint density at radius 1 is 0.528 bits per heavy atom. The third kappa shape index (κ3) is 3.98. The van der Waals surface area contributed by atoms with E-state index in [1.165, 1.54) is 24.3 Å². The van der Waals surface area contributed by atoms with Crippen LogP contribution in [0.3, 0.4) is 0 Å². The van der Waals surface area contributed by atoms with Crippen molar-refractivity contribution in [1.82, 2.24) is 9.97 Å². The van der Waals surface area contributed by atoms with Gasteiger partial charge in [-0.3, -0.25) is 20.2 Å². The number of benzene rings is 4. The number of hydrogen-bond acceptors (Lipinski definition) is 8. The highest BCUT2D eigenvalue weighted by Crippen LogP contribution is 2.36. The number of thiazole rings is 2. The Morgan fingerprint density at radius 3 is 1.25 bits per heavy atom. The predicted molar refractivity (Wildman–Crippen MR) is 142 cm³/mol. The van der Waals surface area contributed by atoms with E-state index in [9.17, 15) is 20.2 Å². The molecular formula is C26H14N4O4S2. The molecule has 174 valence electrons. The molecule has 4 aromatic carbocycles. The van der Waals surface area contributed by atoms with Crippen molar-refractivity contribution in [2.45, 2.75) is 0 Å². The minimum absolute atomic E-state index is 0.0531. The third-order valence-corrected chi connectivity index (χ3v) is 7.89. The second-order valence-corrected chi connectivity index (χ2v) is 10.1. The Morgan fingerprint density at radius 2 is 0.889 bits per heavy atom. The van der Waals surface area contributed by atoms with Gasteiger partial charge in [0.15, 0.2) is 0 Å². The van der Waals surface area contributed by atoms with E-state index >= 15 is 0 Å². The van der Waals surface area contributed by atoms with Gasteiger partial charge in [-0.25, -0.2) is 9.97 Å². The van der Waals surface area contributed by atoms with E-state index < -0.39 is 9.85 Å². The topological polar surface area (TPSA) is 112 Å². The van der Waals surface area contributed by atoms with Crippen molar-refractivity contribution in [1.29, 1.82) is 0 Å². The summed E-state index contributed by atoms with van der Waals surface area (Å²) in [6.45, 7) is 0. The van der Waals surface area contributed by atoms with Gasteiger partial charge in [0, 0.05) is 35.4 Å². The molecule has 0 unspecified atom stereocenters. The van der Waals surface area contributed by atoms with Crippen molar-refractivity contribution in [3.63, 3.8) is 0 Å². The van der Waals surface area contributed by atoms with Crippen molar-refractivity contribution >= 4 is 54.5 Å². The van der Waals surface area contributed by atoms with E-state index in [1.807, 2.05) is 24.3 Å². The van der Waals surface area contributed by atoms with Crippen LogP contribution in [0.2, 0.25) is 0 Å². The summed E-state index contributed by atoms with van der Waals surface area (Å²) in [5, 5.41) is 23.5. The smallest absolute Gasteiger partial charge is 0.258 e. The fourth-order valence-electron chi connectivity index (χ4n) is 3.91. The summed E-state index contributed by atoms with van der Waals surface area (Å²) in [7, 11) is 0. The second kappa shape index (κ2) is 8.59. The number of fused-ring (bicyclic) bond motifs is 2. The Kier molecular flexibility index (Phi) is 5.24. The van der Waals surface area contributed by atoms with Crippen molar-refractivity contribution < 1.29 is 9.85 Å². The van der Waals surface area contributed by atoms with Gasteiger partial charge in [-0.15, -0.1) is 22.7 Å². The summed E-state index contributed by atoms with van der Waals surface area (Å²) in [6.07, 6.45) is 0. The quantitative estimate of drug-likeness (QED) is 0.173. The lowest BCUT2D eigenvalue weighted by molar-refractivity contribution is -0.385. The standard InChI is InChI=1S/C26H14N4O4S2/c31-29(32)19-7-1-15(2-8-19)25-27-21-11-5-17(13-23(21)35-25)18-6-12-22-24(14-18)36-26(28-22)16-3-9-20(10-4-16)30(33)34/h1-14H. The largest absolute Gasteiger partial charge is 0.269 e. The zero-order chi connectivity index (χ0) is 24.8. The van der Waals surface area contributed by atoms with E-state index in [0.717, 1.165) is 52.7 Å². The Balaban J connectivity index is 1.32. The Hall–Kier alpha value is -4.54. The molecule has 36 heavy (non-hydrogen) atoms. The molecule has 8 nitrogen and oxygen atoms in total. The highest BCUT2D eigenvalue weighted by molar-refractivity contribution is 7.22. The summed E-state index contributed by atoms with van der Waals surface area (Å²) in [5.74, 6) is 0. The van der Waals surface area contributed by atoms with Gasteiger partial charge < -0.3 is 0 Å². The van der Waals surface area contributed by atoms with Crippen LogP contribution in [0.15, 0.2) is 84.9 Å². The van der Waals surface area contributed by atoms with Crippen molar-refractivity contribution in [2.24, 2.45) is 0 Å². The van der Waals surface area contributed by atoms with E-state index in [2.05, 4.69) is 12.1 Å². The molecule has 10 heteroatoms. The van der Waals surface area contributed by atoms with Crippen LogP contribution in [0.25, 0.3) is 52.7 Å². The van der Waals surface area contributed by atoms with E-state index in [-0.39, 0.29) is 11.4 Å². The van der Waals surface area contributed by atoms with Crippen LogP contribution in [0.4, 0.5) is 11.4 Å². The lowest BCUT2D eigenvalue weighted by Crippen LogP contribution is -1.86. The number of non-ortho nitro benzene ring substituents is 2. The first-order valence-electron chi connectivity index (χ1n) is 10.8. The third-order valence-electron chi connectivity index (χ3n) is 5.76. The molecule has 0 fully saturated rings. The van der Waals surface area contributed by atoms with Crippen LogP contribution in [-0.2, 0) is 0 Å². The van der Waals surface area contributed by atoms with E-state index in [4.69, 9.17) is 9.97 Å². The number of nitro benzene ring substituents is 2. The number of rotatable bonds is 5. The molecule has 6 aromatic rings. The molecule has 2 heterocycles. The van der Waals surface area contributed by atoms with Crippen LogP contribution >= 0.6 is 22.7 Å². The number of nitrogens with zero attached hydrogens (tertiary/aromatic N) is 4. The number of nitro groups is 2. The fraction of sp³-hybridized carbons (Fsp3) is 0. The molecule has 0 saturated carbocycles. The molecule has 6 rings (SSSR count). The van der Waals surface area contributed by atoms with Gasteiger partial charge in [0.1, 0.15) is 10.0 Å². The number of hydrogen-bond donors (Lipinski definition) is 0. The maximum atomic E-state index is 10.9. The summed E-state index contributed by atoms with van der Waals surface area (Å²) in [5.41, 5.74) is 5.63. The average molecular weight is 511 g/mol. The van der Waals surface area contributed by atoms with Gasteiger partial charge in [0.05, 0.1) is 30.3 Å². The molecule has 0 radical (unpaired) electrons. The molecule has 0 aliphatic heterocycles. The van der Waals surface area contributed by atoms with Gasteiger partial charge in [-0.05, 0) is 59.7 Å². The maximum absolute atomic E-state index is 10.9. The van der Waals surface area contributed by atoms with Gasteiger partial charge in [-0.1, -0.05) is 12.1 Å². The summed E-state index contributed by atoms with van der Waals surface area (Å²) in [4.78, 5) is 30.4. The molecule has 0 aliphatic carbocycles. The lowest BCUT2D eigenvalue weighted by Gasteiger charge is -2.01. The molecule has 0 amide bonds. The zero-order valence-electron chi connectivity index (χ0n) is 18.3. The summed E-state index contributed by atoms with van der Waals surface area (Å²) in [6, 6.07) is 25.0. The van der Waals surface area contributed by atoms with Gasteiger partial charge in [-0.2, -0.15) is 0 Å². The minimum atomic E-state index is -0.413. The number of aromatic nitrogens is 2. The molecule has 0 atom stereocenters. The van der Waals surface area contributed by atoms with Crippen LogP contribution < -0.4 is 0 Å². The van der Waals surface area contributed by atoms with Crippen molar-refractivity contribution in [2.75, 3.05) is 0 Å². The predicted octanol–water partition coefficient (Wildman–Crippen LogP) is 7.72. The first-order chi connectivity index (χ1) is 17.4. The van der Waals surface area contributed by atoms with Crippen LogP contribution in [-0.4, -0.2) is 19.8 Å². The Bertz CT molecular complexity index is 1660. The zero-order valence-corrected chi connectivity index (χ0v) is 20.0. The lowest BCUT2D eigenvalue weighted by atomic mass is 10.1. The van der Waals surface area contributed by atoms with Crippen LogP contribution in [0, 0.1) is 20.2 Å². The minimum Gasteiger partial charge on any atom is -0.258 e. The van der Waals surface area contributed by atoms with E-state index in [1.54, 1.807) is 46.9 Å². The highest BCUT2D eigenvalue weighted by Gasteiger charge is 2.13. The monoisotopic (exact) mass is 510 g/mol. The second-order valence-electron chi connectivity index (χ2n) is 8.01. The molecule has 0 N–H and O–H groups in total. The van der Waals surface area contributed by atoms with Gasteiger partial charge in [0.25, 0.3) is 11.4 Å². The normalized spacial score (nSPS) is 11.2. The van der Waals surface area contributed by atoms with Crippen molar-refractivity contribution in [3.05, 3.63) is 105 Å². The molecule has 0 aliphatic rings. The summed E-state index contributed by atoms with van der Waals surface area (Å²) >= 11 is 3.09. The first kappa shape index (κ1) is 22.0. The Labute approximate surface area is 211 Å². The first-order valence-corrected chi connectivity index (χ1v) is 12.4. The fourth-order valence-corrected chi connectivity index (χ4v) is 5.93. The van der Waals surface area contributed by atoms with Crippen LogP contribution in [0.5, 0.6) is 0 Å².